The van der Waals surface area contributed by atoms with Gasteiger partial charge in [0.05, 0.1) is 0 Å². The highest BCUT2D eigenvalue weighted by molar-refractivity contribution is 6.28. The molecule has 0 saturated carbocycles. The number of aromatic nitrogens is 3. The molecule has 3 rings (SSSR count). The monoisotopic (exact) mass is 310 g/mol. The van der Waals surface area contributed by atoms with Gasteiger partial charge in [0.15, 0.2) is 0 Å². The van der Waals surface area contributed by atoms with Crippen molar-refractivity contribution in [3.8, 4) is 0 Å². The number of nitrogens with one attached hydrogen (secondary N) is 1. The lowest BCUT2D eigenvalue weighted by Gasteiger charge is -2.44. The van der Waals surface area contributed by atoms with Gasteiger partial charge < -0.3 is 10.2 Å². The minimum atomic E-state index is 0.268. The van der Waals surface area contributed by atoms with Crippen molar-refractivity contribution >= 4 is 23.5 Å². The van der Waals surface area contributed by atoms with Gasteiger partial charge >= 0.3 is 0 Å². The van der Waals surface area contributed by atoms with Crippen molar-refractivity contribution in [2.45, 2.75) is 38.6 Å². The Morgan fingerprint density at radius 2 is 2.10 bits per heavy atom. The number of halogens is 1. The Balaban J connectivity index is 1.72. The molecule has 7 heteroatoms. The molecule has 2 fully saturated rings. The molecule has 1 N–H and O–H groups in total. The molecule has 3 heterocycles. The topological polar surface area (TPSA) is 57.2 Å². The molecule has 116 valence electrons. The Morgan fingerprint density at radius 3 is 2.95 bits per heavy atom. The number of anilines is 2. The average molecular weight is 311 g/mol. The zero-order valence-corrected chi connectivity index (χ0v) is 13.3. The van der Waals surface area contributed by atoms with Crippen LogP contribution in [0, 0.1) is 0 Å². The summed E-state index contributed by atoms with van der Waals surface area (Å²) in [6.07, 6.45) is 4.96. The summed E-state index contributed by atoms with van der Waals surface area (Å²) < 4.78 is 0. The summed E-state index contributed by atoms with van der Waals surface area (Å²) >= 11 is 6.05. The van der Waals surface area contributed by atoms with Crippen molar-refractivity contribution in [1.29, 1.82) is 0 Å². The first-order chi connectivity index (χ1) is 10.3. The van der Waals surface area contributed by atoms with Crippen molar-refractivity contribution in [2.75, 3.05) is 42.9 Å². The molecule has 0 aromatic carbocycles. The summed E-state index contributed by atoms with van der Waals surface area (Å²) in [5.41, 5.74) is 0. The van der Waals surface area contributed by atoms with Gasteiger partial charge in [-0.15, -0.1) is 0 Å². The highest BCUT2D eigenvalue weighted by atomic mass is 35.5. The number of piperazine rings is 1. The Hall–Kier alpha value is -1.14. The number of hydrogen-bond donors (Lipinski definition) is 1. The van der Waals surface area contributed by atoms with Crippen LogP contribution in [0.2, 0.25) is 5.28 Å². The number of hydrogen-bond acceptors (Lipinski definition) is 6. The Kier molecular flexibility index (Phi) is 4.75. The Bertz CT molecular complexity index is 483. The lowest BCUT2D eigenvalue weighted by atomic mass is 10.00. The van der Waals surface area contributed by atoms with Gasteiger partial charge in [0.25, 0.3) is 0 Å². The van der Waals surface area contributed by atoms with Gasteiger partial charge in [0.2, 0.25) is 17.2 Å². The van der Waals surface area contributed by atoms with Crippen molar-refractivity contribution in [1.82, 2.24) is 19.9 Å². The summed E-state index contributed by atoms with van der Waals surface area (Å²) in [5.74, 6) is 1.29. The molecule has 2 aliphatic heterocycles. The van der Waals surface area contributed by atoms with Gasteiger partial charge in [0, 0.05) is 32.2 Å². The number of nitrogens with zero attached hydrogens (tertiary/aromatic N) is 5. The zero-order chi connectivity index (χ0) is 14.7. The van der Waals surface area contributed by atoms with E-state index in [0.29, 0.717) is 17.9 Å². The maximum Gasteiger partial charge on any atom is 0.231 e. The zero-order valence-electron chi connectivity index (χ0n) is 12.6. The van der Waals surface area contributed by atoms with E-state index in [1.54, 1.807) is 0 Å². The summed E-state index contributed by atoms with van der Waals surface area (Å²) in [6.45, 7) is 7.23. The highest BCUT2D eigenvalue weighted by Gasteiger charge is 2.30. The first kappa shape index (κ1) is 14.8. The smallest absolute Gasteiger partial charge is 0.231 e. The minimum absolute atomic E-state index is 0.268. The van der Waals surface area contributed by atoms with E-state index in [4.69, 9.17) is 11.6 Å². The summed E-state index contributed by atoms with van der Waals surface area (Å²) in [4.78, 5) is 17.8. The van der Waals surface area contributed by atoms with Crippen molar-refractivity contribution in [2.24, 2.45) is 0 Å². The largest absolute Gasteiger partial charge is 0.354 e. The fraction of sp³-hybridized carbons (Fsp3) is 0.786. The third-order valence-electron chi connectivity index (χ3n) is 4.25. The quantitative estimate of drug-likeness (QED) is 0.918. The first-order valence-electron chi connectivity index (χ1n) is 7.90. The van der Waals surface area contributed by atoms with Gasteiger partial charge in [-0.25, -0.2) is 0 Å². The molecule has 0 bridgehead atoms. The number of rotatable bonds is 4. The van der Waals surface area contributed by atoms with Crippen LogP contribution in [0.25, 0.3) is 0 Å². The van der Waals surface area contributed by atoms with E-state index in [1.165, 1.54) is 25.8 Å². The van der Waals surface area contributed by atoms with E-state index in [2.05, 4.69) is 37.0 Å². The summed E-state index contributed by atoms with van der Waals surface area (Å²) in [7, 11) is 0. The molecule has 1 aromatic heterocycles. The van der Waals surface area contributed by atoms with Crippen molar-refractivity contribution < 1.29 is 0 Å². The minimum Gasteiger partial charge on any atom is -0.354 e. The van der Waals surface area contributed by atoms with Gasteiger partial charge in [-0.2, -0.15) is 15.0 Å². The second kappa shape index (κ2) is 6.75. The standard InChI is InChI=1S/C14H23ClN6/c1-2-6-16-13-17-12(15)18-14(19-13)21-9-8-20-7-4-3-5-11(20)10-21/h11H,2-10H2,1H3,(H,16,17,18,19). The van der Waals surface area contributed by atoms with Gasteiger partial charge in [-0.1, -0.05) is 13.3 Å². The lowest BCUT2D eigenvalue weighted by Crippen LogP contribution is -2.55. The highest BCUT2D eigenvalue weighted by Crippen LogP contribution is 2.24. The predicted octanol–water partition coefficient (Wildman–Crippen LogP) is 2.02. The lowest BCUT2D eigenvalue weighted by molar-refractivity contribution is 0.133. The summed E-state index contributed by atoms with van der Waals surface area (Å²) in [5, 5.41) is 3.46. The molecular weight excluding hydrogens is 288 g/mol. The fourth-order valence-electron chi connectivity index (χ4n) is 3.13. The normalized spacial score (nSPS) is 23.0. The van der Waals surface area contributed by atoms with Gasteiger partial charge in [-0.05, 0) is 37.4 Å². The van der Waals surface area contributed by atoms with E-state index in [9.17, 15) is 0 Å². The van der Waals surface area contributed by atoms with Crippen LogP contribution in [0.3, 0.4) is 0 Å². The van der Waals surface area contributed by atoms with Gasteiger partial charge in [-0.3, -0.25) is 4.90 Å². The molecule has 21 heavy (non-hydrogen) atoms. The maximum atomic E-state index is 6.05. The van der Waals surface area contributed by atoms with E-state index in [-0.39, 0.29) is 5.28 Å². The molecule has 0 spiro atoms. The second-order valence-electron chi connectivity index (χ2n) is 5.79. The maximum absolute atomic E-state index is 6.05. The van der Waals surface area contributed by atoms with E-state index < -0.39 is 0 Å². The van der Waals surface area contributed by atoms with E-state index in [0.717, 1.165) is 32.6 Å². The molecule has 0 radical (unpaired) electrons. The second-order valence-corrected chi connectivity index (χ2v) is 6.12. The molecule has 6 nitrogen and oxygen atoms in total. The van der Waals surface area contributed by atoms with Gasteiger partial charge in [0.1, 0.15) is 0 Å². The molecule has 2 saturated heterocycles. The van der Waals surface area contributed by atoms with Crippen LogP contribution in [0.15, 0.2) is 0 Å². The van der Waals surface area contributed by atoms with Crippen LogP contribution in [-0.4, -0.2) is 58.6 Å². The average Bonchev–Trinajstić information content (AvgIpc) is 2.52. The molecule has 1 unspecified atom stereocenters. The molecule has 0 amide bonds. The third kappa shape index (κ3) is 3.55. The van der Waals surface area contributed by atoms with E-state index in [1.807, 2.05) is 0 Å². The fourth-order valence-corrected chi connectivity index (χ4v) is 3.29. The van der Waals surface area contributed by atoms with Crippen LogP contribution in [-0.2, 0) is 0 Å². The van der Waals surface area contributed by atoms with E-state index >= 15 is 0 Å². The Labute approximate surface area is 130 Å². The number of piperidine rings is 1. The first-order valence-corrected chi connectivity index (χ1v) is 8.28. The van der Waals surface area contributed by atoms with Crippen molar-refractivity contribution in [3.05, 3.63) is 5.28 Å². The molecule has 1 aromatic rings. The molecule has 2 aliphatic rings. The van der Waals surface area contributed by atoms with Crippen LogP contribution in [0.4, 0.5) is 11.9 Å². The summed E-state index contributed by atoms with van der Waals surface area (Å²) in [6, 6.07) is 0.634. The molecule has 0 aliphatic carbocycles. The molecule has 1 atom stereocenters. The molecular formula is C14H23ClN6. The van der Waals surface area contributed by atoms with Crippen LogP contribution >= 0.6 is 11.6 Å². The van der Waals surface area contributed by atoms with Crippen LogP contribution in [0.5, 0.6) is 0 Å². The predicted molar refractivity (Wildman–Crippen MR) is 85.0 cm³/mol. The Morgan fingerprint density at radius 1 is 1.19 bits per heavy atom. The number of fused-ring (bicyclic) bond motifs is 1. The van der Waals surface area contributed by atoms with Crippen LogP contribution < -0.4 is 10.2 Å². The SMILES string of the molecule is CCCNc1nc(Cl)nc(N2CCN3CCCCC3C2)n1. The van der Waals surface area contributed by atoms with Crippen molar-refractivity contribution in [3.63, 3.8) is 0 Å². The van der Waals surface area contributed by atoms with Crippen LogP contribution in [0.1, 0.15) is 32.6 Å². The third-order valence-corrected chi connectivity index (χ3v) is 4.42.